The van der Waals surface area contributed by atoms with Gasteiger partial charge >= 0.3 is 0 Å². The molecule has 2 heterocycles. The monoisotopic (exact) mass is 221 g/mol. The fourth-order valence-corrected chi connectivity index (χ4v) is 1.71. The van der Waals surface area contributed by atoms with Crippen molar-refractivity contribution in [2.75, 3.05) is 13.1 Å². The van der Waals surface area contributed by atoms with E-state index in [9.17, 15) is 4.79 Å². The van der Waals surface area contributed by atoms with Crippen LogP contribution in [-0.2, 0) is 0 Å². The number of rotatable bonds is 2. The van der Waals surface area contributed by atoms with Crippen LogP contribution in [0.4, 0.5) is 0 Å². The molecule has 1 aromatic rings. The number of carbonyl (C=O) groups is 1. The van der Waals surface area contributed by atoms with Crippen LogP contribution in [0.25, 0.3) is 10.4 Å². The number of azide groups is 1. The molecule has 2 rings (SSSR count). The van der Waals surface area contributed by atoms with Gasteiger partial charge in [-0.3, -0.25) is 4.79 Å². The van der Waals surface area contributed by atoms with Crippen LogP contribution in [0.3, 0.4) is 0 Å². The number of nitrogens with zero attached hydrogens (tertiary/aromatic N) is 5. The lowest BCUT2D eigenvalue weighted by Crippen LogP contribution is -2.52. The SMILES string of the molecule is Cc1noc(C)c1C(=O)N1CC(N=[N+]=[N-])C1. The Bertz CT molecular complexity index is 449. The Balaban J connectivity index is 2.08. The van der Waals surface area contributed by atoms with Crippen LogP contribution in [0.2, 0.25) is 0 Å². The maximum Gasteiger partial charge on any atom is 0.259 e. The van der Waals surface area contributed by atoms with Crippen LogP contribution in [0.5, 0.6) is 0 Å². The Labute approximate surface area is 91.6 Å². The second kappa shape index (κ2) is 3.86. The highest BCUT2D eigenvalue weighted by Gasteiger charge is 2.33. The Morgan fingerprint density at radius 3 is 2.81 bits per heavy atom. The first kappa shape index (κ1) is 10.5. The van der Waals surface area contributed by atoms with E-state index in [2.05, 4.69) is 15.2 Å². The van der Waals surface area contributed by atoms with Crippen molar-refractivity contribution in [3.05, 3.63) is 27.5 Å². The number of likely N-dealkylation sites (tertiary alicyclic amines) is 1. The Morgan fingerprint density at radius 2 is 2.31 bits per heavy atom. The number of amides is 1. The van der Waals surface area contributed by atoms with Gasteiger partial charge in [0.15, 0.2) is 0 Å². The van der Waals surface area contributed by atoms with Gasteiger partial charge in [0.25, 0.3) is 5.91 Å². The topological polar surface area (TPSA) is 95.1 Å². The van der Waals surface area contributed by atoms with Gasteiger partial charge in [0.1, 0.15) is 11.3 Å². The summed E-state index contributed by atoms with van der Waals surface area (Å²) in [5.41, 5.74) is 9.33. The van der Waals surface area contributed by atoms with E-state index in [0.717, 1.165) is 0 Å². The molecular weight excluding hydrogens is 210 g/mol. The average Bonchev–Trinajstić information content (AvgIpc) is 2.51. The summed E-state index contributed by atoms with van der Waals surface area (Å²) in [6, 6.07) is -0.102. The van der Waals surface area contributed by atoms with Gasteiger partial charge in [-0.15, -0.1) is 0 Å². The van der Waals surface area contributed by atoms with E-state index in [1.807, 2.05) is 0 Å². The molecule has 16 heavy (non-hydrogen) atoms. The number of carbonyl (C=O) groups excluding carboxylic acids is 1. The van der Waals surface area contributed by atoms with Gasteiger partial charge in [-0.25, -0.2) is 0 Å². The molecule has 1 fully saturated rings. The zero-order valence-electron chi connectivity index (χ0n) is 9.04. The molecule has 0 N–H and O–H groups in total. The van der Waals surface area contributed by atoms with Crippen molar-refractivity contribution in [3.63, 3.8) is 0 Å². The maximum atomic E-state index is 12.0. The summed E-state index contributed by atoms with van der Waals surface area (Å²) in [6.45, 7) is 4.37. The van der Waals surface area contributed by atoms with E-state index in [0.29, 0.717) is 30.1 Å². The number of aromatic nitrogens is 1. The lowest BCUT2D eigenvalue weighted by molar-refractivity contribution is 0.0606. The van der Waals surface area contributed by atoms with Gasteiger partial charge in [0, 0.05) is 18.0 Å². The molecule has 1 saturated heterocycles. The summed E-state index contributed by atoms with van der Waals surface area (Å²) in [7, 11) is 0. The molecule has 0 aliphatic carbocycles. The highest BCUT2D eigenvalue weighted by molar-refractivity contribution is 5.96. The molecule has 0 saturated carbocycles. The third-order valence-electron chi connectivity index (χ3n) is 2.61. The quantitative estimate of drug-likeness (QED) is 0.429. The van der Waals surface area contributed by atoms with Gasteiger partial charge in [-0.05, 0) is 19.4 Å². The third-order valence-corrected chi connectivity index (χ3v) is 2.61. The number of hydrogen-bond donors (Lipinski definition) is 0. The first-order chi connectivity index (χ1) is 7.63. The van der Waals surface area contributed by atoms with E-state index in [4.69, 9.17) is 10.1 Å². The van der Waals surface area contributed by atoms with Gasteiger partial charge < -0.3 is 9.42 Å². The summed E-state index contributed by atoms with van der Waals surface area (Å²) in [5.74, 6) is 0.412. The number of aryl methyl sites for hydroxylation is 2. The first-order valence-electron chi connectivity index (χ1n) is 4.90. The maximum absolute atomic E-state index is 12.0. The molecule has 1 amide bonds. The molecule has 0 aromatic carbocycles. The van der Waals surface area contributed by atoms with Crippen LogP contribution in [-0.4, -0.2) is 35.1 Å². The minimum atomic E-state index is -0.111. The van der Waals surface area contributed by atoms with Gasteiger partial charge in [0.2, 0.25) is 0 Å². The summed E-state index contributed by atoms with van der Waals surface area (Å²) >= 11 is 0. The lowest BCUT2D eigenvalue weighted by atomic mass is 10.1. The minimum Gasteiger partial charge on any atom is -0.361 e. The zero-order chi connectivity index (χ0) is 11.7. The molecular formula is C9H11N5O2. The fourth-order valence-electron chi connectivity index (χ4n) is 1.71. The van der Waals surface area contributed by atoms with Crippen LogP contribution in [0.1, 0.15) is 21.8 Å². The summed E-state index contributed by atoms with van der Waals surface area (Å²) in [4.78, 5) is 16.3. The minimum absolute atomic E-state index is 0.102. The van der Waals surface area contributed by atoms with Crippen molar-refractivity contribution in [1.82, 2.24) is 10.1 Å². The van der Waals surface area contributed by atoms with Crippen LogP contribution < -0.4 is 0 Å². The molecule has 0 radical (unpaired) electrons. The van der Waals surface area contributed by atoms with Crippen molar-refractivity contribution in [2.24, 2.45) is 5.11 Å². The highest BCUT2D eigenvalue weighted by Crippen LogP contribution is 2.20. The fraction of sp³-hybridized carbons (Fsp3) is 0.556. The molecule has 1 aliphatic rings. The molecule has 1 aromatic heterocycles. The van der Waals surface area contributed by atoms with E-state index in [1.165, 1.54) is 0 Å². The summed E-state index contributed by atoms with van der Waals surface area (Å²) in [5, 5.41) is 7.27. The van der Waals surface area contributed by atoms with Gasteiger partial charge in [0.05, 0.1) is 11.7 Å². The van der Waals surface area contributed by atoms with Crippen molar-refractivity contribution >= 4 is 5.91 Å². The predicted octanol–water partition coefficient (Wildman–Crippen LogP) is 1.43. The van der Waals surface area contributed by atoms with E-state index in [-0.39, 0.29) is 11.9 Å². The molecule has 0 spiro atoms. The molecule has 0 unspecified atom stereocenters. The Kier molecular flexibility index (Phi) is 2.54. The average molecular weight is 221 g/mol. The smallest absolute Gasteiger partial charge is 0.259 e. The summed E-state index contributed by atoms with van der Waals surface area (Å²) in [6.07, 6.45) is 0. The first-order valence-corrected chi connectivity index (χ1v) is 4.90. The summed E-state index contributed by atoms with van der Waals surface area (Å²) < 4.78 is 4.93. The van der Waals surface area contributed by atoms with E-state index in [1.54, 1.807) is 18.7 Å². The predicted molar refractivity (Wildman–Crippen MR) is 54.8 cm³/mol. The van der Waals surface area contributed by atoms with Crippen molar-refractivity contribution in [2.45, 2.75) is 19.9 Å². The van der Waals surface area contributed by atoms with Crippen LogP contribution in [0.15, 0.2) is 9.64 Å². The molecule has 0 bridgehead atoms. The van der Waals surface area contributed by atoms with E-state index >= 15 is 0 Å². The standard InChI is InChI=1S/C9H11N5O2/c1-5-8(6(2)16-12-5)9(15)14-3-7(4-14)11-13-10/h7H,3-4H2,1-2H3. The second-order valence-corrected chi connectivity index (χ2v) is 3.77. The molecule has 7 nitrogen and oxygen atoms in total. The molecule has 0 atom stereocenters. The van der Waals surface area contributed by atoms with E-state index < -0.39 is 0 Å². The largest absolute Gasteiger partial charge is 0.361 e. The normalized spacial score (nSPS) is 15.5. The highest BCUT2D eigenvalue weighted by atomic mass is 16.5. The zero-order valence-corrected chi connectivity index (χ0v) is 9.04. The third kappa shape index (κ3) is 1.61. The molecule has 84 valence electrons. The van der Waals surface area contributed by atoms with Crippen LogP contribution >= 0.6 is 0 Å². The molecule has 7 heteroatoms. The van der Waals surface area contributed by atoms with Gasteiger partial charge in [-0.2, -0.15) is 0 Å². The van der Waals surface area contributed by atoms with Crippen LogP contribution in [0, 0.1) is 13.8 Å². The van der Waals surface area contributed by atoms with Crippen molar-refractivity contribution in [3.8, 4) is 0 Å². The Morgan fingerprint density at radius 1 is 1.62 bits per heavy atom. The lowest BCUT2D eigenvalue weighted by Gasteiger charge is -2.36. The van der Waals surface area contributed by atoms with Crippen molar-refractivity contribution < 1.29 is 9.32 Å². The van der Waals surface area contributed by atoms with Crippen molar-refractivity contribution in [1.29, 1.82) is 0 Å². The number of hydrogen-bond acceptors (Lipinski definition) is 4. The molecule has 1 aliphatic heterocycles. The van der Waals surface area contributed by atoms with Gasteiger partial charge in [-0.1, -0.05) is 10.3 Å². The Hall–Kier alpha value is -2.01. The second-order valence-electron chi connectivity index (χ2n) is 3.77.